The van der Waals surface area contributed by atoms with Crippen molar-refractivity contribution in [2.45, 2.75) is 51.5 Å². The maximum absolute atomic E-state index is 12.6. The van der Waals surface area contributed by atoms with E-state index >= 15 is 0 Å². The number of carbonyl (C=O) groups is 1. The van der Waals surface area contributed by atoms with Gasteiger partial charge in [0.2, 0.25) is 15.9 Å². The number of hydrogen-bond acceptors (Lipinski definition) is 4. The summed E-state index contributed by atoms with van der Waals surface area (Å²) >= 11 is 0. The highest BCUT2D eigenvalue weighted by Crippen LogP contribution is 2.25. The van der Waals surface area contributed by atoms with Crippen molar-refractivity contribution in [1.82, 2.24) is 4.31 Å². The van der Waals surface area contributed by atoms with Gasteiger partial charge in [0.25, 0.3) is 0 Å². The van der Waals surface area contributed by atoms with Crippen LogP contribution in [0.15, 0.2) is 24.3 Å². The Hall–Kier alpha value is -1.60. The third-order valence-electron chi connectivity index (χ3n) is 5.18. The van der Waals surface area contributed by atoms with E-state index in [9.17, 15) is 13.2 Å². The molecule has 2 fully saturated rings. The van der Waals surface area contributed by atoms with Crippen LogP contribution >= 0.6 is 0 Å². The molecule has 1 atom stereocenters. The zero-order valence-corrected chi connectivity index (χ0v) is 16.3. The molecule has 2 aliphatic heterocycles. The number of nitrogens with zero attached hydrogens (tertiary/aromatic N) is 2. The van der Waals surface area contributed by atoms with Crippen molar-refractivity contribution >= 4 is 27.3 Å². The van der Waals surface area contributed by atoms with Gasteiger partial charge in [-0.15, -0.1) is 0 Å². The van der Waals surface area contributed by atoms with Gasteiger partial charge >= 0.3 is 0 Å². The van der Waals surface area contributed by atoms with E-state index < -0.39 is 16.1 Å². The molecule has 26 heavy (non-hydrogen) atoms. The van der Waals surface area contributed by atoms with Crippen molar-refractivity contribution in [1.29, 1.82) is 0 Å². The minimum absolute atomic E-state index is 0.0985. The van der Waals surface area contributed by atoms with Crippen molar-refractivity contribution in [3.63, 3.8) is 0 Å². The Bertz CT molecular complexity index is 712. The fraction of sp³-hybridized carbons (Fsp3) is 0.632. The minimum Gasteiger partial charge on any atom is -0.372 e. The van der Waals surface area contributed by atoms with Crippen molar-refractivity contribution in [3.8, 4) is 0 Å². The molecule has 6 nitrogen and oxygen atoms in total. The van der Waals surface area contributed by atoms with Crippen LogP contribution in [0.4, 0.5) is 11.4 Å². The zero-order chi connectivity index (χ0) is 18.6. The smallest absolute Gasteiger partial charge is 0.242 e. The SMILES string of the molecule is CCCS(=O)(=O)N1CCC[C@H]1C(=O)Nc1ccc(N2CCCCC2)cc1. The molecular formula is C19H29N3O3S. The Morgan fingerprint density at radius 3 is 2.42 bits per heavy atom. The largest absolute Gasteiger partial charge is 0.372 e. The van der Waals surface area contributed by atoms with Crippen LogP contribution in [0.5, 0.6) is 0 Å². The van der Waals surface area contributed by atoms with Crippen molar-refractivity contribution < 1.29 is 13.2 Å². The quantitative estimate of drug-likeness (QED) is 0.825. The summed E-state index contributed by atoms with van der Waals surface area (Å²) in [5.41, 5.74) is 1.89. The molecule has 1 aromatic carbocycles. The summed E-state index contributed by atoms with van der Waals surface area (Å²) in [6.45, 7) is 4.44. The number of sulfonamides is 1. The van der Waals surface area contributed by atoms with Gasteiger partial charge in [-0.1, -0.05) is 6.92 Å². The Kier molecular flexibility index (Phi) is 6.19. The van der Waals surface area contributed by atoms with Crippen LogP contribution in [0.2, 0.25) is 0 Å². The van der Waals surface area contributed by atoms with Crippen LogP contribution in [0.1, 0.15) is 45.4 Å². The molecule has 0 spiro atoms. The molecule has 0 unspecified atom stereocenters. The predicted octanol–water partition coefficient (Wildman–Crippen LogP) is 2.82. The molecule has 0 aliphatic carbocycles. The standard InChI is InChI=1S/C19H29N3O3S/c1-2-15-26(24,25)22-14-6-7-18(22)19(23)20-16-8-10-17(11-9-16)21-12-4-3-5-13-21/h8-11,18H,2-7,12-15H2,1H3,(H,20,23)/t18-/m0/s1. The van der Waals surface area contributed by atoms with Gasteiger partial charge in [0.05, 0.1) is 5.75 Å². The fourth-order valence-corrected chi connectivity index (χ4v) is 5.59. The molecule has 0 saturated carbocycles. The molecule has 1 amide bonds. The summed E-state index contributed by atoms with van der Waals surface area (Å²) in [6, 6.07) is 7.28. The van der Waals surface area contributed by atoms with Gasteiger partial charge in [-0.25, -0.2) is 8.42 Å². The molecule has 2 heterocycles. The first kappa shape index (κ1) is 19.2. The van der Waals surface area contributed by atoms with Gasteiger partial charge in [-0.2, -0.15) is 4.31 Å². The Morgan fingerprint density at radius 1 is 1.08 bits per heavy atom. The van der Waals surface area contributed by atoms with E-state index in [1.165, 1.54) is 29.3 Å². The lowest BCUT2D eigenvalue weighted by Crippen LogP contribution is -2.44. The second-order valence-electron chi connectivity index (χ2n) is 7.17. The van der Waals surface area contributed by atoms with Gasteiger partial charge < -0.3 is 10.2 Å². The number of nitrogens with one attached hydrogen (secondary N) is 1. The number of carbonyl (C=O) groups excluding carboxylic acids is 1. The van der Waals surface area contributed by atoms with E-state index in [1.54, 1.807) is 0 Å². The van der Waals surface area contributed by atoms with E-state index in [-0.39, 0.29) is 11.7 Å². The van der Waals surface area contributed by atoms with Crippen LogP contribution in [-0.2, 0) is 14.8 Å². The van der Waals surface area contributed by atoms with Crippen LogP contribution in [0, 0.1) is 0 Å². The number of benzene rings is 1. The number of rotatable bonds is 6. The summed E-state index contributed by atoms with van der Waals surface area (Å²) in [5, 5.41) is 2.89. The molecule has 2 aliphatic rings. The highest BCUT2D eigenvalue weighted by molar-refractivity contribution is 7.89. The first-order valence-electron chi connectivity index (χ1n) is 9.66. The number of anilines is 2. The summed E-state index contributed by atoms with van der Waals surface area (Å²) < 4.78 is 26.1. The van der Waals surface area contributed by atoms with Gasteiger partial charge in [0.1, 0.15) is 6.04 Å². The van der Waals surface area contributed by atoms with Gasteiger partial charge in [0.15, 0.2) is 0 Å². The molecule has 0 radical (unpaired) electrons. The highest BCUT2D eigenvalue weighted by atomic mass is 32.2. The molecule has 2 saturated heterocycles. The minimum atomic E-state index is -3.35. The summed E-state index contributed by atoms with van der Waals surface area (Å²) in [5.74, 6) is -0.130. The molecule has 0 bridgehead atoms. The van der Waals surface area contributed by atoms with Crippen molar-refractivity contribution in [2.24, 2.45) is 0 Å². The first-order valence-corrected chi connectivity index (χ1v) is 11.3. The lowest BCUT2D eigenvalue weighted by Gasteiger charge is -2.29. The Balaban J connectivity index is 1.63. The fourth-order valence-electron chi connectivity index (χ4n) is 3.84. The average Bonchev–Trinajstić information content (AvgIpc) is 3.14. The Labute approximate surface area is 156 Å². The van der Waals surface area contributed by atoms with Gasteiger partial charge in [0, 0.05) is 31.0 Å². The van der Waals surface area contributed by atoms with Crippen molar-refractivity contribution in [3.05, 3.63) is 24.3 Å². The molecule has 144 valence electrons. The second-order valence-corrected chi connectivity index (χ2v) is 9.21. The average molecular weight is 380 g/mol. The lowest BCUT2D eigenvalue weighted by molar-refractivity contribution is -0.119. The summed E-state index contributed by atoms with van der Waals surface area (Å²) in [4.78, 5) is 15.0. The Morgan fingerprint density at radius 2 is 1.77 bits per heavy atom. The lowest BCUT2D eigenvalue weighted by atomic mass is 10.1. The van der Waals surface area contributed by atoms with E-state index in [0.717, 1.165) is 25.2 Å². The maximum Gasteiger partial charge on any atom is 0.242 e. The topological polar surface area (TPSA) is 69.7 Å². The third-order valence-corrected chi connectivity index (χ3v) is 7.26. The predicted molar refractivity (Wildman–Crippen MR) is 105 cm³/mol. The molecular weight excluding hydrogens is 350 g/mol. The first-order chi connectivity index (χ1) is 12.5. The van der Waals surface area contributed by atoms with Crippen LogP contribution in [0.3, 0.4) is 0 Å². The normalized spacial score (nSPS) is 21.7. The maximum atomic E-state index is 12.6. The van der Waals surface area contributed by atoms with Crippen LogP contribution in [0.25, 0.3) is 0 Å². The second kappa shape index (κ2) is 8.39. The van der Waals surface area contributed by atoms with Crippen molar-refractivity contribution in [2.75, 3.05) is 35.6 Å². The number of piperidine rings is 1. The summed E-state index contributed by atoms with van der Waals surface area (Å²) in [7, 11) is -3.35. The van der Waals surface area contributed by atoms with Crippen LogP contribution in [-0.4, -0.2) is 50.1 Å². The van der Waals surface area contributed by atoms with Gasteiger partial charge in [-0.3, -0.25) is 4.79 Å². The van der Waals surface area contributed by atoms with Gasteiger partial charge in [-0.05, 0) is 62.8 Å². The monoisotopic (exact) mass is 379 g/mol. The van der Waals surface area contributed by atoms with E-state index in [2.05, 4.69) is 10.2 Å². The molecule has 1 N–H and O–H groups in total. The molecule has 1 aromatic rings. The third kappa shape index (κ3) is 4.38. The molecule has 7 heteroatoms. The van der Waals surface area contributed by atoms with E-state index in [1.807, 2.05) is 31.2 Å². The highest BCUT2D eigenvalue weighted by Gasteiger charge is 2.38. The zero-order valence-electron chi connectivity index (χ0n) is 15.5. The van der Waals surface area contributed by atoms with E-state index in [0.29, 0.717) is 19.4 Å². The number of hydrogen-bond donors (Lipinski definition) is 1. The number of amides is 1. The summed E-state index contributed by atoms with van der Waals surface area (Å²) in [6.07, 6.45) is 5.62. The molecule has 0 aromatic heterocycles. The van der Waals surface area contributed by atoms with Crippen LogP contribution < -0.4 is 10.2 Å². The van der Waals surface area contributed by atoms with E-state index in [4.69, 9.17) is 0 Å². The molecule has 3 rings (SSSR count).